The molecule has 104 valence electrons. The van der Waals surface area contributed by atoms with E-state index in [1.807, 2.05) is 30.3 Å². The molecule has 1 aromatic carbocycles. The van der Waals surface area contributed by atoms with Crippen LogP contribution in [-0.2, 0) is 6.42 Å². The number of hydrogen-bond donors (Lipinski definition) is 0. The molecule has 0 bridgehead atoms. The molecule has 20 heavy (non-hydrogen) atoms. The van der Waals surface area contributed by atoms with Crippen LogP contribution in [-0.4, -0.2) is 23.7 Å². The Morgan fingerprint density at radius 1 is 1.25 bits per heavy atom. The zero-order valence-corrected chi connectivity index (χ0v) is 11.2. The van der Waals surface area contributed by atoms with Gasteiger partial charge in [-0.1, -0.05) is 6.07 Å². The molecule has 0 fully saturated rings. The lowest BCUT2D eigenvalue weighted by Gasteiger charge is -2.20. The van der Waals surface area contributed by atoms with Gasteiger partial charge in [-0.2, -0.15) is 0 Å². The van der Waals surface area contributed by atoms with Crippen molar-refractivity contribution in [2.45, 2.75) is 19.3 Å². The fourth-order valence-corrected chi connectivity index (χ4v) is 2.37. The van der Waals surface area contributed by atoms with Gasteiger partial charge in [0.05, 0.1) is 19.6 Å². The first kappa shape index (κ1) is 12.8. The van der Waals surface area contributed by atoms with Crippen molar-refractivity contribution in [3.8, 4) is 11.5 Å². The summed E-state index contributed by atoms with van der Waals surface area (Å²) >= 11 is 0. The van der Waals surface area contributed by atoms with Gasteiger partial charge in [0.1, 0.15) is 11.5 Å². The van der Waals surface area contributed by atoms with Crippen LogP contribution in [0.2, 0.25) is 0 Å². The number of fused-ring (bicyclic) bond motifs is 1. The maximum atomic E-state index is 11.8. The first-order valence-electron chi connectivity index (χ1n) is 6.88. The van der Waals surface area contributed by atoms with Crippen LogP contribution in [0, 0.1) is 0 Å². The van der Waals surface area contributed by atoms with E-state index < -0.39 is 0 Å². The normalized spacial score (nSPS) is 13.4. The average molecular weight is 271 g/mol. The van der Waals surface area contributed by atoms with E-state index in [0.29, 0.717) is 13.0 Å². The Hall–Kier alpha value is -2.23. The van der Waals surface area contributed by atoms with Crippen LogP contribution in [0.5, 0.6) is 11.5 Å². The molecule has 0 saturated heterocycles. The minimum Gasteiger partial charge on any atom is -0.493 e. The molecule has 0 aliphatic carbocycles. The van der Waals surface area contributed by atoms with Gasteiger partial charge in [-0.15, -0.1) is 0 Å². The molecule has 2 aromatic rings. The fourth-order valence-electron chi connectivity index (χ4n) is 2.37. The van der Waals surface area contributed by atoms with E-state index in [2.05, 4.69) is 0 Å². The van der Waals surface area contributed by atoms with Crippen LogP contribution in [0.3, 0.4) is 0 Å². The zero-order valence-electron chi connectivity index (χ0n) is 11.2. The van der Waals surface area contributed by atoms with E-state index in [1.54, 1.807) is 17.0 Å². The highest BCUT2D eigenvalue weighted by Gasteiger charge is 2.15. The lowest BCUT2D eigenvalue weighted by molar-refractivity contribution is 0.0881. The number of ether oxygens (including phenoxy) is 2. The summed E-state index contributed by atoms with van der Waals surface area (Å²) in [6.45, 7) is 1.15. The van der Waals surface area contributed by atoms with Gasteiger partial charge in [-0.3, -0.25) is 9.36 Å². The predicted octanol–water partition coefficient (Wildman–Crippen LogP) is 2.92. The van der Waals surface area contributed by atoms with Crippen LogP contribution in [0.15, 0.2) is 42.7 Å². The molecular weight excluding hydrogens is 254 g/mol. The number of rotatable bonds is 4. The van der Waals surface area contributed by atoms with Crippen LogP contribution in [0.4, 0.5) is 0 Å². The Morgan fingerprint density at radius 2 is 2.10 bits per heavy atom. The van der Waals surface area contributed by atoms with E-state index in [9.17, 15) is 4.79 Å². The van der Waals surface area contributed by atoms with Crippen molar-refractivity contribution in [3.63, 3.8) is 0 Å². The summed E-state index contributed by atoms with van der Waals surface area (Å²) in [4.78, 5) is 11.8. The maximum absolute atomic E-state index is 11.8. The minimum absolute atomic E-state index is 0.0380. The molecule has 0 amide bonds. The lowest BCUT2D eigenvalue weighted by Crippen LogP contribution is -2.14. The smallest absolute Gasteiger partial charge is 0.233 e. The van der Waals surface area contributed by atoms with Crippen molar-refractivity contribution in [2.75, 3.05) is 13.2 Å². The molecule has 0 spiro atoms. The summed E-state index contributed by atoms with van der Waals surface area (Å²) in [5.74, 6) is 1.78. The second kappa shape index (κ2) is 5.82. The van der Waals surface area contributed by atoms with Crippen LogP contribution >= 0.6 is 0 Å². The number of carbonyl (C=O) groups excluding carboxylic acids is 1. The van der Waals surface area contributed by atoms with Gasteiger partial charge in [0.15, 0.2) is 0 Å². The van der Waals surface area contributed by atoms with Crippen molar-refractivity contribution in [3.05, 3.63) is 48.3 Å². The van der Waals surface area contributed by atoms with Crippen LogP contribution in [0.1, 0.15) is 23.2 Å². The Bertz CT molecular complexity index is 590. The topological polar surface area (TPSA) is 40.5 Å². The Balaban J connectivity index is 1.60. The third kappa shape index (κ3) is 2.69. The van der Waals surface area contributed by atoms with Crippen molar-refractivity contribution in [1.29, 1.82) is 0 Å². The van der Waals surface area contributed by atoms with Gasteiger partial charge < -0.3 is 9.47 Å². The standard InChI is InChI=1S/C16H17NO3/c18-16(17-9-1-2-10-17)8-12-20-15-7-3-6-14-13(15)5-4-11-19-14/h1-3,6-7,9-10H,4-5,8,11-12H2. The molecule has 2 heterocycles. The molecule has 4 heteroatoms. The summed E-state index contributed by atoms with van der Waals surface area (Å²) in [5.41, 5.74) is 1.12. The first-order valence-corrected chi connectivity index (χ1v) is 6.88. The molecule has 0 radical (unpaired) electrons. The summed E-state index contributed by atoms with van der Waals surface area (Å²) < 4.78 is 12.9. The van der Waals surface area contributed by atoms with E-state index in [-0.39, 0.29) is 5.91 Å². The fraction of sp³-hybridized carbons (Fsp3) is 0.312. The number of benzene rings is 1. The number of carbonyl (C=O) groups is 1. The Labute approximate surface area is 117 Å². The molecule has 1 aromatic heterocycles. The number of nitrogens with zero attached hydrogens (tertiary/aromatic N) is 1. The molecule has 3 rings (SSSR count). The highest BCUT2D eigenvalue weighted by atomic mass is 16.5. The average Bonchev–Trinajstić information content (AvgIpc) is 3.02. The second-order valence-corrected chi connectivity index (χ2v) is 4.77. The summed E-state index contributed by atoms with van der Waals surface area (Å²) in [6, 6.07) is 9.50. The van der Waals surface area contributed by atoms with Crippen molar-refractivity contribution >= 4 is 5.91 Å². The highest BCUT2D eigenvalue weighted by Crippen LogP contribution is 2.32. The second-order valence-electron chi connectivity index (χ2n) is 4.77. The predicted molar refractivity (Wildman–Crippen MR) is 75.4 cm³/mol. The van der Waals surface area contributed by atoms with E-state index in [4.69, 9.17) is 9.47 Å². The third-order valence-corrected chi connectivity index (χ3v) is 3.38. The van der Waals surface area contributed by atoms with Gasteiger partial charge in [0.2, 0.25) is 5.91 Å². The SMILES string of the molecule is O=C(CCOc1cccc2c1CCCO2)n1cccc1. The molecule has 0 unspecified atom stereocenters. The first-order chi connectivity index (χ1) is 9.84. The molecule has 1 aliphatic heterocycles. The van der Waals surface area contributed by atoms with Gasteiger partial charge in [0, 0.05) is 18.0 Å². The van der Waals surface area contributed by atoms with Crippen molar-refractivity contribution < 1.29 is 14.3 Å². The Kier molecular flexibility index (Phi) is 3.72. The summed E-state index contributed by atoms with van der Waals surface area (Å²) in [7, 11) is 0. The van der Waals surface area contributed by atoms with Crippen molar-refractivity contribution in [2.24, 2.45) is 0 Å². The minimum atomic E-state index is 0.0380. The van der Waals surface area contributed by atoms with Gasteiger partial charge in [-0.05, 0) is 37.1 Å². The summed E-state index contributed by atoms with van der Waals surface area (Å²) in [5, 5.41) is 0. The maximum Gasteiger partial charge on any atom is 0.233 e. The van der Waals surface area contributed by atoms with E-state index in [1.165, 1.54) is 0 Å². The van der Waals surface area contributed by atoms with E-state index >= 15 is 0 Å². The molecular formula is C16H17NO3. The largest absolute Gasteiger partial charge is 0.493 e. The summed E-state index contributed by atoms with van der Waals surface area (Å²) in [6.07, 6.45) is 5.84. The van der Waals surface area contributed by atoms with Crippen LogP contribution in [0.25, 0.3) is 0 Å². The van der Waals surface area contributed by atoms with Gasteiger partial charge in [-0.25, -0.2) is 0 Å². The molecule has 0 atom stereocenters. The lowest BCUT2D eigenvalue weighted by atomic mass is 10.1. The monoisotopic (exact) mass is 271 g/mol. The quantitative estimate of drug-likeness (QED) is 0.858. The van der Waals surface area contributed by atoms with Gasteiger partial charge >= 0.3 is 0 Å². The highest BCUT2D eigenvalue weighted by molar-refractivity contribution is 5.78. The number of aromatic nitrogens is 1. The molecule has 4 nitrogen and oxygen atoms in total. The Morgan fingerprint density at radius 3 is 2.95 bits per heavy atom. The zero-order chi connectivity index (χ0) is 13.8. The molecule has 0 saturated carbocycles. The van der Waals surface area contributed by atoms with Crippen molar-refractivity contribution in [1.82, 2.24) is 4.57 Å². The van der Waals surface area contributed by atoms with E-state index in [0.717, 1.165) is 36.5 Å². The van der Waals surface area contributed by atoms with Gasteiger partial charge in [0.25, 0.3) is 0 Å². The molecule has 1 aliphatic rings. The third-order valence-electron chi connectivity index (χ3n) is 3.38. The molecule has 0 N–H and O–H groups in total. The van der Waals surface area contributed by atoms with Crippen LogP contribution < -0.4 is 9.47 Å². The number of hydrogen-bond acceptors (Lipinski definition) is 3.